The Kier molecular flexibility index (Phi) is 6.62. The molecule has 1 atom stereocenters. The number of likely N-dealkylation sites (tertiary alicyclic amines) is 1. The minimum atomic E-state index is -4.34. The first kappa shape index (κ1) is 15.1. The lowest BCUT2D eigenvalue weighted by Crippen LogP contribution is -2.40. The molecule has 101 valence electrons. The van der Waals surface area contributed by atoms with Gasteiger partial charge in [-0.3, -0.25) is 4.52 Å². The van der Waals surface area contributed by atoms with Gasteiger partial charge in [-0.1, -0.05) is 6.42 Å². The van der Waals surface area contributed by atoms with Gasteiger partial charge in [0, 0.05) is 12.6 Å². The van der Waals surface area contributed by atoms with Gasteiger partial charge in [-0.25, -0.2) is 9.67 Å². The monoisotopic (exact) mass is 266 g/mol. The molecule has 1 aliphatic heterocycles. The van der Waals surface area contributed by atoms with Crippen molar-refractivity contribution in [1.82, 2.24) is 4.90 Å². The smallest absolute Gasteiger partial charge is 0.303 e. The molecule has 1 fully saturated rings. The Labute approximate surface area is 102 Å². The predicted octanol–water partition coefficient (Wildman–Crippen LogP) is 1.16. The summed E-state index contributed by atoms with van der Waals surface area (Å²) in [5.41, 5.74) is 0. The van der Waals surface area contributed by atoms with E-state index in [-0.39, 0.29) is 13.2 Å². The van der Waals surface area contributed by atoms with Gasteiger partial charge in [0.05, 0.1) is 13.2 Å². The molecule has 7 heteroatoms. The second-order valence-electron chi connectivity index (χ2n) is 4.36. The van der Waals surface area contributed by atoms with Crippen molar-refractivity contribution < 1.29 is 24.0 Å². The van der Waals surface area contributed by atoms with E-state index in [9.17, 15) is 9.67 Å². The molecule has 1 saturated heterocycles. The van der Waals surface area contributed by atoms with Crippen molar-refractivity contribution >= 4 is 7.82 Å². The molecule has 0 amide bonds. The molecule has 1 radical (unpaired) electrons. The molecular weight excluding hydrogens is 245 g/mol. The fourth-order valence-corrected chi connectivity index (χ4v) is 2.60. The minimum Gasteiger partial charge on any atom is -0.303 e. The van der Waals surface area contributed by atoms with E-state index in [1.54, 1.807) is 0 Å². The van der Waals surface area contributed by atoms with Crippen LogP contribution < -0.4 is 0 Å². The highest BCUT2D eigenvalue weighted by atomic mass is 31.2. The van der Waals surface area contributed by atoms with Crippen LogP contribution in [0.1, 0.15) is 32.1 Å². The fraction of sp³-hybridized carbons (Fsp3) is 1.00. The van der Waals surface area contributed by atoms with Gasteiger partial charge in [0.1, 0.15) is 0 Å². The summed E-state index contributed by atoms with van der Waals surface area (Å²) < 4.78 is 15.0. The molecule has 6 nitrogen and oxygen atoms in total. The molecule has 2 N–H and O–H groups in total. The van der Waals surface area contributed by atoms with Crippen molar-refractivity contribution in [1.29, 1.82) is 0 Å². The number of hydrogen-bond acceptors (Lipinski definition) is 3. The molecule has 17 heavy (non-hydrogen) atoms. The second kappa shape index (κ2) is 7.46. The summed E-state index contributed by atoms with van der Waals surface area (Å²) in [6.07, 6.45) is 4.53. The first-order valence-corrected chi connectivity index (χ1v) is 7.58. The SMILES string of the molecule is [O]CCCN1CCCCC1CCOP(=O)(O)O. The molecule has 1 unspecified atom stereocenters. The van der Waals surface area contributed by atoms with Crippen molar-refractivity contribution in [3.05, 3.63) is 0 Å². The fourth-order valence-electron chi connectivity index (χ4n) is 2.26. The van der Waals surface area contributed by atoms with E-state index in [0.29, 0.717) is 18.9 Å². The summed E-state index contributed by atoms with van der Waals surface area (Å²) in [5.74, 6) is 0. The molecule has 0 spiro atoms. The first-order valence-electron chi connectivity index (χ1n) is 6.05. The highest BCUT2D eigenvalue weighted by Gasteiger charge is 2.23. The van der Waals surface area contributed by atoms with Gasteiger partial charge in [-0.05, 0) is 32.2 Å². The molecule has 1 heterocycles. The normalized spacial score (nSPS) is 22.9. The van der Waals surface area contributed by atoms with Crippen molar-refractivity contribution in [3.8, 4) is 0 Å². The van der Waals surface area contributed by atoms with Crippen molar-refractivity contribution in [3.63, 3.8) is 0 Å². The standard InChI is InChI=1S/C10H21NO5P/c12-8-3-7-11-6-2-1-4-10(11)5-9-16-17(13,14)15/h10H,1-9H2,(H2,13,14,15). The lowest BCUT2D eigenvalue weighted by Gasteiger charge is -2.35. The van der Waals surface area contributed by atoms with E-state index in [0.717, 1.165) is 32.4 Å². The van der Waals surface area contributed by atoms with Gasteiger partial charge in [-0.2, -0.15) is 0 Å². The minimum absolute atomic E-state index is 0.0673. The number of piperidine rings is 1. The largest absolute Gasteiger partial charge is 0.469 e. The van der Waals surface area contributed by atoms with Crippen molar-refractivity contribution in [2.24, 2.45) is 0 Å². The van der Waals surface area contributed by atoms with Gasteiger partial charge in [0.25, 0.3) is 0 Å². The quantitative estimate of drug-likeness (QED) is 0.675. The van der Waals surface area contributed by atoms with Crippen LogP contribution in [0.25, 0.3) is 0 Å². The summed E-state index contributed by atoms with van der Waals surface area (Å²) >= 11 is 0. The van der Waals surface area contributed by atoms with Crippen LogP contribution >= 0.6 is 7.82 Å². The average Bonchev–Trinajstić information content (AvgIpc) is 2.26. The third kappa shape index (κ3) is 6.50. The predicted molar refractivity (Wildman–Crippen MR) is 62.0 cm³/mol. The van der Waals surface area contributed by atoms with E-state index in [1.165, 1.54) is 0 Å². The van der Waals surface area contributed by atoms with Crippen molar-refractivity contribution in [2.45, 2.75) is 38.1 Å². The van der Waals surface area contributed by atoms with E-state index in [4.69, 9.17) is 9.79 Å². The highest BCUT2D eigenvalue weighted by molar-refractivity contribution is 7.46. The maximum Gasteiger partial charge on any atom is 0.469 e. The Morgan fingerprint density at radius 1 is 1.35 bits per heavy atom. The Balaban J connectivity index is 2.29. The first-order chi connectivity index (χ1) is 8.03. The van der Waals surface area contributed by atoms with E-state index in [2.05, 4.69) is 9.42 Å². The maximum absolute atomic E-state index is 10.5. The summed E-state index contributed by atoms with van der Waals surface area (Å²) in [6.45, 7) is 1.76. The molecule has 0 bridgehead atoms. The molecular formula is C10H21NO5P. The van der Waals surface area contributed by atoms with Crippen LogP contribution in [-0.4, -0.2) is 47.0 Å². The molecule has 0 aliphatic carbocycles. The van der Waals surface area contributed by atoms with Gasteiger partial charge >= 0.3 is 7.82 Å². The number of hydrogen-bond donors (Lipinski definition) is 2. The topological polar surface area (TPSA) is 89.9 Å². The van der Waals surface area contributed by atoms with Crippen LogP contribution in [0.3, 0.4) is 0 Å². The van der Waals surface area contributed by atoms with Crippen LogP contribution in [0.4, 0.5) is 0 Å². The average molecular weight is 266 g/mol. The Morgan fingerprint density at radius 3 is 2.76 bits per heavy atom. The molecule has 0 aromatic heterocycles. The molecule has 0 saturated carbocycles. The van der Waals surface area contributed by atoms with E-state index >= 15 is 0 Å². The van der Waals surface area contributed by atoms with E-state index in [1.807, 2.05) is 0 Å². The van der Waals surface area contributed by atoms with Crippen LogP contribution in [-0.2, 0) is 14.2 Å². The zero-order valence-corrected chi connectivity index (χ0v) is 10.8. The Hall–Kier alpha value is 0.0300. The third-order valence-electron chi connectivity index (χ3n) is 3.05. The maximum atomic E-state index is 10.5. The van der Waals surface area contributed by atoms with Crippen LogP contribution in [0.5, 0.6) is 0 Å². The molecule has 0 aromatic rings. The van der Waals surface area contributed by atoms with Gasteiger partial charge in [-0.15, -0.1) is 0 Å². The zero-order chi connectivity index (χ0) is 12.7. The Bertz CT molecular complexity index is 257. The number of rotatable bonds is 7. The summed E-state index contributed by atoms with van der Waals surface area (Å²) in [7, 11) is -4.34. The molecule has 1 aliphatic rings. The number of phosphoric acid groups is 1. The molecule has 0 aromatic carbocycles. The third-order valence-corrected chi connectivity index (χ3v) is 3.57. The summed E-state index contributed by atoms with van der Waals surface area (Å²) in [5, 5.41) is 10.5. The van der Waals surface area contributed by atoms with Crippen LogP contribution in [0.2, 0.25) is 0 Å². The number of nitrogens with zero attached hydrogens (tertiary/aromatic N) is 1. The van der Waals surface area contributed by atoms with E-state index < -0.39 is 7.82 Å². The van der Waals surface area contributed by atoms with Gasteiger partial charge in [0.2, 0.25) is 0 Å². The van der Waals surface area contributed by atoms with Crippen LogP contribution in [0.15, 0.2) is 0 Å². The van der Waals surface area contributed by atoms with Crippen LogP contribution in [0, 0.1) is 0 Å². The summed E-state index contributed by atoms with van der Waals surface area (Å²) in [6, 6.07) is 0.293. The van der Waals surface area contributed by atoms with Gasteiger partial charge in [0.15, 0.2) is 0 Å². The lowest BCUT2D eigenvalue weighted by atomic mass is 9.99. The second-order valence-corrected chi connectivity index (χ2v) is 5.60. The Morgan fingerprint density at radius 2 is 2.12 bits per heavy atom. The zero-order valence-electron chi connectivity index (χ0n) is 9.95. The van der Waals surface area contributed by atoms with Crippen molar-refractivity contribution in [2.75, 3.05) is 26.3 Å². The number of phosphoric ester groups is 1. The molecule has 1 rings (SSSR count). The van der Waals surface area contributed by atoms with Gasteiger partial charge < -0.3 is 14.7 Å². The highest BCUT2D eigenvalue weighted by Crippen LogP contribution is 2.36. The summed E-state index contributed by atoms with van der Waals surface area (Å²) in [4.78, 5) is 19.4. The lowest BCUT2D eigenvalue weighted by molar-refractivity contribution is 0.0976.